The summed E-state index contributed by atoms with van der Waals surface area (Å²) in [7, 11) is 0. The Morgan fingerprint density at radius 2 is 2.27 bits per heavy atom. The fraction of sp³-hybridized carbons (Fsp3) is 0.222. The quantitative estimate of drug-likeness (QED) is 0.604. The number of rotatable bonds is 4. The van der Waals surface area contributed by atoms with Crippen molar-refractivity contribution < 1.29 is 19.6 Å². The second-order valence-corrected chi connectivity index (χ2v) is 2.68. The third-order valence-electron chi connectivity index (χ3n) is 1.70. The van der Waals surface area contributed by atoms with E-state index in [1.807, 2.05) is 0 Å². The van der Waals surface area contributed by atoms with Crippen LogP contribution in [0.15, 0.2) is 18.2 Å². The van der Waals surface area contributed by atoms with Gasteiger partial charge in [0, 0.05) is 12.1 Å². The Labute approximate surface area is 85.2 Å². The Bertz CT molecular complexity index is 401. The molecule has 0 aliphatic heterocycles. The molecule has 0 amide bonds. The van der Waals surface area contributed by atoms with Crippen LogP contribution in [0.1, 0.15) is 17.3 Å². The van der Waals surface area contributed by atoms with Gasteiger partial charge in [-0.15, -0.1) is 0 Å². The van der Waals surface area contributed by atoms with Gasteiger partial charge in [0.2, 0.25) is 0 Å². The number of ether oxygens (including phenoxy) is 1. The average molecular weight is 211 g/mol. The first-order chi connectivity index (χ1) is 7.06. The van der Waals surface area contributed by atoms with Crippen molar-refractivity contribution in [2.24, 2.45) is 0 Å². The van der Waals surface area contributed by atoms with Crippen molar-refractivity contribution in [1.82, 2.24) is 0 Å². The van der Waals surface area contributed by atoms with E-state index in [2.05, 4.69) is 0 Å². The van der Waals surface area contributed by atoms with Crippen LogP contribution in [-0.2, 0) is 0 Å². The maximum absolute atomic E-state index is 10.8. The van der Waals surface area contributed by atoms with Crippen LogP contribution in [0.25, 0.3) is 0 Å². The fourth-order valence-corrected chi connectivity index (χ4v) is 1.08. The molecule has 0 aliphatic rings. The molecule has 80 valence electrons. The van der Waals surface area contributed by atoms with Gasteiger partial charge in [-0.2, -0.15) is 0 Å². The molecule has 0 heterocycles. The number of non-ortho nitro benzene ring substituents is 1. The van der Waals surface area contributed by atoms with Gasteiger partial charge in [-0.25, -0.2) is 4.79 Å². The van der Waals surface area contributed by atoms with E-state index in [0.29, 0.717) is 6.61 Å². The average Bonchev–Trinajstić information content (AvgIpc) is 2.18. The number of nitrogens with zero attached hydrogens (tertiary/aromatic N) is 1. The van der Waals surface area contributed by atoms with E-state index in [-0.39, 0.29) is 17.0 Å². The van der Waals surface area contributed by atoms with Gasteiger partial charge < -0.3 is 9.84 Å². The van der Waals surface area contributed by atoms with Gasteiger partial charge in [0.25, 0.3) is 5.69 Å². The monoisotopic (exact) mass is 211 g/mol. The van der Waals surface area contributed by atoms with Gasteiger partial charge in [-0.1, -0.05) is 0 Å². The maximum Gasteiger partial charge on any atom is 0.339 e. The summed E-state index contributed by atoms with van der Waals surface area (Å²) in [5.41, 5.74) is -0.470. The molecule has 1 N–H and O–H groups in total. The molecule has 0 atom stereocenters. The Morgan fingerprint density at radius 3 is 2.73 bits per heavy atom. The Hall–Kier alpha value is -2.11. The summed E-state index contributed by atoms with van der Waals surface area (Å²) in [5, 5.41) is 19.2. The van der Waals surface area contributed by atoms with Crippen LogP contribution in [0, 0.1) is 10.1 Å². The van der Waals surface area contributed by atoms with E-state index >= 15 is 0 Å². The van der Waals surface area contributed by atoms with Gasteiger partial charge in [0.05, 0.1) is 11.5 Å². The second-order valence-electron chi connectivity index (χ2n) is 2.68. The molecule has 1 aromatic carbocycles. The van der Waals surface area contributed by atoms with Gasteiger partial charge in [0.15, 0.2) is 0 Å². The minimum atomic E-state index is -1.25. The molecule has 1 aromatic rings. The number of nitro groups is 1. The summed E-state index contributed by atoms with van der Waals surface area (Å²) in [6.07, 6.45) is 0. The molecular formula is C9H9NO5. The molecule has 0 bridgehead atoms. The number of hydrogen-bond donors (Lipinski definition) is 1. The predicted octanol–water partition coefficient (Wildman–Crippen LogP) is 1.69. The van der Waals surface area contributed by atoms with Crippen molar-refractivity contribution in [3.8, 4) is 5.75 Å². The molecule has 0 fully saturated rings. The molecule has 6 nitrogen and oxygen atoms in total. The second kappa shape index (κ2) is 4.41. The predicted molar refractivity (Wildman–Crippen MR) is 51.2 cm³/mol. The molecule has 0 saturated carbocycles. The van der Waals surface area contributed by atoms with E-state index in [1.165, 1.54) is 12.1 Å². The first-order valence-electron chi connectivity index (χ1n) is 4.20. The fourth-order valence-electron chi connectivity index (χ4n) is 1.08. The number of hydrogen-bond acceptors (Lipinski definition) is 4. The largest absolute Gasteiger partial charge is 0.493 e. The van der Waals surface area contributed by atoms with E-state index in [9.17, 15) is 14.9 Å². The van der Waals surface area contributed by atoms with E-state index < -0.39 is 10.9 Å². The zero-order chi connectivity index (χ0) is 11.4. The lowest BCUT2D eigenvalue weighted by Gasteiger charge is -2.05. The molecular weight excluding hydrogens is 202 g/mol. The summed E-state index contributed by atoms with van der Waals surface area (Å²) in [4.78, 5) is 20.5. The summed E-state index contributed by atoms with van der Waals surface area (Å²) in [6.45, 7) is 2.01. The molecule has 15 heavy (non-hydrogen) atoms. The topological polar surface area (TPSA) is 89.7 Å². The first-order valence-corrected chi connectivity index (χ1v) is 4.20. The van der Waals surface area contributed by atoms with Crippen molar-refractivity contribution in [3.05, 3.63) is 33.9 Å². The van der Waals surface area contributed by atoms with Crippen molar-refractivity contribution in [3.63, 3.8) is 0 Å². The highest BCUT2D eigenvalue weighted by Crippen LogP contribution is 2.24. The minimum Gasteiger partial charge on any atom is -0.493 e. The van der Waals surface area contributed by atoms with Crippen molar-refractivity contribution in [1.29, 1.82) is 0 Å². The highest BCUT2D eigenvalue weighted by molar-refractivity contribution is 5.91. The lowest BCUT2D eigenvalue weighted by Crippen LogP contribution is -2.03. The Balaban J connectivity index is 3.20. The number of nitro benzene ring substituents is 1. The highest BCUT2D eigenvalue weighted by Gasteiger charge is 2.16. The molecule has 6 heteroatoms. The molecule has 0 spiro atoms. The van der Waals surface area contributed by atoms with Crippen LogP contribution in [0.2, 0.25) is 0 Å². The maximum atomic E-state index is 10.8. The van der Waals surface area contributed by atoms with Crippen molar-refractivity contribution >= 4 is 11.7 Å². The normalized spacial score (nSPS) is 9.67. The third kappa shape index (κ3) is 2.43. The number of aromatic carboxylic acids is 1. The summed E-state index contributed by atoms with van der Waals surface area (Å²) < 4.78 is 5.03. The Kier molecular flexibility index (Phi) is 3.22. The summed E-state index contributed by atoms with van der Waals surface area (Å²) >= 11 is 0. The number of carbonyl (C=O) groups is 1. The zero-order valence-electron chi connectivity index (χ0n) is 7.97. The van der Waals surface area contributed by atoms with Crippen molar-refractivity contribution in [2.45, 2.75) is 6.92 Å². The zero-order valence-corrected chi connectivity index (χ0v) is 7.97. The van der Waals surface area contributed by atoms with Crippen molar-refractivity contribution in [2.75, 3.05) is 6.61 Å². The molecule has 0 aliphatic carbocycles. The first kappa shape index (κ1) is 11.0. The molecule has 0 aromatic heterocycles. The van der Waals surface area contributed by atoms with E-state index in [4.69, 9.17) is 9.84 Å². The van der Waals surface area contributed by atoms with Gasteiger partial charge in [-0.3, -0.25) is 10.1 Å². The van der Waals surface area contributed by atoms with Crippen LogP contribution < -0.4 is 4.74 Å². The smallest absolute Gasteiger partial charge is 0.339 e. The van der Waals surface area contributed by atoms with Crippen LogP contribution in [-0.4, -0.2) is 22.6 Å². The number of benzene rings is 1. The Morgan fingerprint density at radius 1 is 1.60 bits per heavy atom. The lowest BCUT2D eigenvalue weighted by molar-refractivity contribution is -0.384. The summed E-state index contributed by atoms with van der Waals surface area (Å²) in [5.74, 6) is -1.11. The summed E-state index contributed by atoms with van der Waals surface area (Å²) in [6, 6.07) is 3.47. The standard InChI is InChI=1S/C9H9NO5/c1-2-15-8-4-3-6(10(13)14)5-7(8)9(11)12/h3-5H,2H2,1H3,(H,11,12). The lowest BCUT2D eigenvalue weighted by atomic mass is 10.2. The van der Waals surface area contributed by atoms with Crippen LogP contribution in [0.4, 0.5) is 5.69 Å². The van der Waals surface area contributed by atoms with Crippen LogP contribution in [0.5, 0.6) is 5.75 Å². The molecule has 0 unspecified atom stereocenters. The highest BCUT2D eigenvalue weighted by atomic mass is 16.6. The number of carboxylic acid groups (broad SMARTS) is 1. The van der Waals surface area contributed by atoms with E-state index in [1.54, 1.807) is 6.92 Å². The van der Waals surface area contributed by atoms with Gasteiger partial charge in [-0.05, 0) is 13.0 Å². The van der Waals surface area contributed by atoms with Gasteiger partial charge in [0.1, 0.15) is 11.3 Å². The molecule has 1 rings (SSSR count). The van der Waals surface area contributed by atoms with Gasteiger partial charge >= 0.3 is 5.97 Å². The van der Waals surface area contributed by atoms with E-state index in [0.717, 1.165) is 6.07 Å². The SMILES string of the molecule is CCOc1ccc([N+](=O)[O-])cc1C(=O)O. The van der Waals surface area contributed by atoms with Crippen LogP contribution >= 0.6 is 0 Å². The molecule has 0 saturated heterocycles. The van der Waals surface area contributed by atoms with Crippen LogP contribution in [0.3, 0.4) is 0 Å². The molecule has 0 radical (unpaired) electrons. The third-order valence-corrected chi connectivity index (χ3v) is 1.70. The number of carboxylic acids is 1. The minimum absolute atomic E-state index is 0.135.